The summed E-state index contributed by atoms with van der Waals surface area (Å²) < 4.78 is 0. The Labute approximate surface area is 107 Å². The van der Waals surface area contributed by atoms with E-state index in [0.717, 1.165) is 28.4 Å². The number of carbonyl (C=O) groups is 1. The van der Waals surface area contributed by atoms with Crippen LogP contribution in [0.25, 0.3) is 0 Å². The Kier molecular flexibility index (Phi) is 2.60. The molecule has 1 aliphatic rings. The maximum Gasteiger partial charge on any atom is 0.264 e. The summed E-state index contributed by atoms with van der Waals surface area (Å²) in [6.45, 7) is 1.37. The van der Waals surface area contributed by atoms with E-state index in [-0.39, 0.29) is 5.91 Å². The van der Waals surface area contributed by atoms with E-state index in [2.05, 4.69) is 4.98 Å². The quantitative estimate of drug-likeness (QED) is 0.857. The molecule has 1 amide bonds. The minimum absolute atomic E-state index is 0.109. The second kappa shape index (κ2) is 4.12. The monoisotopic (exact) mass is 265 g/mol. The highest BCUT2D eigenvalue weighted by Crippen LogP contribution is 2.27. The number of nitrogens with zero attached hydrogens (tertiary/aromatic N) is 2. The van der Waals surface area contributed by atoms with Crippen molar-refractivity contribution < 1.29 is 4.79 Å². The first-order valence-electron chi connectivity index (χ1n) is 5.31. The third-order valence-corrected chi connectivity index (χ3v) is 4.54. The summed E-state index contributed by atoms with van der Waals surface area (Å²) in [5, 5.41) is 2.52. The van der Waals surface area contributed by atoms with Gasteiger partial charge in [0, 0.05) is 17.8 Å². The molecule has 0 fully saturated rings. The Hall–Kier alpha value is -1.40. The lowest BCUT2D eigenvalue weighted by molar-refractivity contribution is 0.0741. The number of carbonyl (C=O) groups excluding carboxylic acids is 1. The van der Waals surface area contributed by atoms with Crippen LogP contribution in [-0.2, 0) is 13.0 Å². The molecule has 17 heavy (non-hydrogen) atoms. The maximum absolute atomic E-state index is 12.2. The molecule has 88 valence electrons. The second-order valence-corrected chi connectivity index (χ2v) is 5.94. The van der Waals surface area contributed by atoms with Gasteiger partial charge >= 0.3 is 0 Å². The van der Waals surface area contributed by atoms with Crippen molar-refractivity contribution in [3.8, 4) is 0 Å². The smallest absolute Gasteiger partial charge is 0.264 e. The van der Waals surface area contributed by atoms with Gasteiger partial charge in [-0.1, -0.05) is 6.07 Å². The Morgan fingerprint density at radius 3 is 3.18 bits per heavy atom. The summed E-state index contributed by atoms with van der Waals surface area (Å²) in [4.78, 5) is 20.2. The van der Waals surface area contributed by atoms with Gasteiger partial charge in [-0.15, -0.1) is 22.7 Å². The number of thiophene rings is 1. The van der Waals surface area contributed by atoms with Crippen LogP contribution in [0.2, 0.25) is 0 Å². The number of fused-ring (bicyclic) bond motifs is 1. The average Bonchev–Trinajstić information content (AvgIpc) is 2.94. The second-order valence-electron chi connectivity index (χ2n) is 3.88. The molecule has 0 aliphatic carbocycles. The molecule has 3 heterocycles. The van der Waals surface area contributed by atoms with E-state index in [1.54, 1.807) is 0 Å². The highest BCUT2D eigenvalue weighted by Gasteiger charge is 2.24. The van der Waals surface area contributed by atoms with Crippen LogP contribution in [0.15, 0.2) is 17.5 Å². The normalized spacial score (nSPS) is 14.7. The highest BCUT2D eigenvalue weighted by molar-refractivity contribution is 7.15. The highest BCUT2D eigenvalue weighted by atomic mass is 32.1. The van der Waals surface area contributed by atoms with Crippen molar-refractivity contribution in [1.82, 2.24) is 9.88 Å². The topological polar surface area (TPSA) is 59.2 Å². The number of thiazole rings is 1. The van der Waals surface area contributed by atoms with E-state index in [1.807, 2.05) is 22.4 Å². The number of rotatable bonds is 1. The molecule has 0 bridgehead atoms. The molecule has 0 saturated heterocycles. The van der Waals surface area contributed by atoms with Gasteiger partial charge in [-0.25, -0.2) is 4.98 Å². The fraction of sp³-hybridized carbons (Fsp3) is 0.273. The van der Waals surface area contributed by atoms with Crippen LogP contribution in [-0.4, -0.2) is 22.3 Å². The molecular weight excluding hydrogens is 254 g/mol. The van der Waals surface area contributed by atoms with Crippen molar-refractivity contribution in [2.45, 2.75) is 13.0 Å². The van der Waals surface area contributed by atoms with E-state index in [1.165, 1.54) is 22.7 Å². The maximum atomic E-state index is 12.2. The number of amides is 1. The summed E-state index contributed by atoms with van der Waals surface area (Å²) in [6.07, 6.45) is 0.806. The Bertz CT molecular complexity index is 547. The van der Waals surface area contributed by atoms with Crippen LogP contribution in [0.3, 0.4) is 0 Å². The number of nitrogen functional groups attached to an aromatic ring is 1. The first-order chi connectivity index (χ1) is 8.24. The molecule has 0 unspecified atom stereocenters. The van der Waals surface area contributed by atoms with Crippen LogP contribution < -0.4 is 5.73 Å². The molecule has 1 aliphatic heterocycles. The molecule has 2 aromatic heterocycles. The zero-order valence-electron chi connectivity index (χ0n) is 9.05. The molecule has 4 nitrogen and oxygen atoms in total. The van der Waals surface area contributed by atoms with Crippen LogP contribution >= 0.6 is 22.7 Å². The minimum Gasteiger partial charge on any atom is -0.375 e. The van der Waals surface area contributed by atoms with E-state index in [0.29, 0.717) is 11.7 Å². The molecule has 6 heteroatoms. The standard InChI is InChI=1S/C11H11N3OS2/c12-11-13-7-3-4-14(6-9(7)17-11)10(15)8-2-1-5-16-8/h1-2,5H,3-4,6H2,(H2,12,13). The van der Waals surface area contributed by atoms with Crippen molar-refractivity contribution >= 4 is 33.7 Å². The first kappa shape index (κ1) is 10.7. The number of hydrogen-bond acceptors (Lipinski definition) is 5. The Morgan fingerprint density at radius 2 is 2.41 bits per heavy atom. The van der Waals surface area contributed by atoms with Crippen molar-refractivity contribution in [2.75, 3.05) is 12.3 Å². The van der Waals surface area contributed by atoms with Gasteiger partial charge < -0.3 is 10.6 Å². The van der Waals surface area contributed by atoms with Crippen molar-refractivity contribution in [1.29, 1.82) is 0 Å². The molecule has 2 aromatic rings. The van der Waals surface area contributed by atoms with Gasteiger partial charge in [0.05, 0.1) is 17.1 Å². The number of anilines is 1. The summed E-state index contributed by atoms with van der Waals surface area (Å²) in [6, 6.07) is 3.77. The zero-order chi connectivity index (χ0) is 11.8. The van der Waals surface area contributed by atoms with Gasteiger partial charge in [-0.3, -0.25) is 4.79 Å². The van der Waals surface area contributed by atoms with Crippen molar-refractivity contribution in [3.63, 3.8) is 0 Å². The molecule has 0 radical (unpaired) electrons. The third kappa shape index (κ3) is 1.94. The molecule has 0 saturated carbocycles. The summed E-state index contributed by atoms with van der Waals surface area (Å²) >= 11 is 2.97. The van der Waals surface area contributed by atoms with Crippen LogP contribution in [0.1, 0.15) is 20.2 Å². The van der Waals surface area contributed by atoms with Gasteiger partial charge in [0.2, 0.25) is 0 Å². The van der Waals surface area contributed by atoms with Crippen molar-refractivity contribution in [3.05, 3.63) is 33.0 Å². The van der Waals surface area contributed by atoms with Gasteiger partial charge in [0.15, 0.2) is 5.13 Å². The Morgan fingerprint density at radius 1 is 1.53 bits per heavy atom. The lowest BCUT2D eigenvalue weighted by atomic mass is 10.2. The van der Waals surface area contributed by atoms with Gasteiger partial charge in [-0.05, 0) is 11.4 Å². The van der Waals surface area contributed by atoms with Gasteiger partial charge in [0.25, 0.3) is 5.91 Å². The zero-order valence-corrected chi connectivity index (χ0v) is 10.7. The lowest BCUT2D eigenvalue weighted by Gasteiger charge is -2.25. The molecular formula is C11H11N3OS2. The Balaban J connectivity index is 1.82. The summed E-state index contributed by atoms with van der Waals surface area (Å²) in [5.74, 6) is 0.109. The van der Waals surface area contributed by atoms with Crippen LogP contribution in [0, 0.1) is 0 Å². The number of hydrogen-bond donors (Lipinski definition) is 1. The molecule has 3 rings (SSSR count). The van der Waals surface area contributed by atoms with E-state index in [4.69, 9.17) is 5.73 Å². The van der Waals surface area contributed by atoms with Gasteiger partial charge in [-0.2, -0.15) is 0 Å². The summed E-state index contributed by atoms with van der Waals surface area (Å²) in [7, 11) is 0. The van der Waals surface area contributed by atoms with Crippen molar-refractivity contribution in [2.24, 2.45) is 0 Å². The average molecular weight is 265 g/mol. The lowest BCUT2D eigenvalue weighted by Crippen LogP contribution is -2.35. The SMILES string of the molecule is Nc1nc2c(s1)CN(C(=O)c1cccs1)CC2. The van der Waals surface area contributed by atoms with E-state index >= 15 is 0 Å². The minimum atomic E-state index is 0.109. The largest absolute Gasteiger partial charge is 0.375 e. The fourth-order valence-electron chi connectivity index (χ4n) is 1.94. The molecule has 0 aromatic carbocycles. The number of aromatic nitrogens is 1. The summed E-state index contributed by atoms with van der Waals surface area (Å²) in [5.41, 5.74) is 6.74. The third-order valence-electron chi connectivity index (χ3n) is 2.77. The first-order valence-corrected chi connectivity index (χ1v) is 7.00. The number of nitrogens with two attached hydrogens (primary N) is 1. The molecule has 2 N–H and O–H groups in total. The van der Waals surface area contributed by atoms with E-state index < -0.39 is 0 Å². The predicted octanol–water partition coefficient (Wildman–Crippen LogP) is 1.99. The van der Waals surface area contributed by atoms with Crippen LogP contribution in [0.4, 0.5) is 5.13 Å². The molecule has 0 atom stereocenters. The fourth-order valence-corrected chi connectivity index (χ4v) is 3.53. The van der Waals surface area contributed by atoms with Crippen LogP contribution in [0.5, 0.6) is 0 Å². The van der Waals surface area contributed by atoms with Gasteiger partial charge in [0.1, 0.15) is 0 Å². The molecule has 0 spiro atoms. The predicted molar refractivity (Wildman–Crippen MR) is 69.3 cm³/mol. The van der Waals surface area contributed by atoms with E-state index in [9.17, 15) is 4.79 Å².